The fraction of sp³-hybridized carbons (Fsp3) is 0.273. The van der Waals surface area contributed by atoms with E-state index in [9.17, 15) is 18.4 Å². The molecule has 1 N–H and O–H groups in total. The molecular formula is C22H22F2N2O4. The molecule has 0 radical (unpaired) electrons. The number of hydrogen-bond donors (Lipinski definition) is 1. The van der Waals surface area contributed by atoms with Crippen molar-refractivity contribution in [2.24, 2.45) is 0 Å². The van der Waals surface area contributed by atoms with Gasteiger partial charge in [-0.25, -0.2) is 18.4 Å². The first-order valence-electron chi connectivity index (χ1n) is 9.57. The molecule has 6 nitrogen and oxygen atoms in total. The highest BCUT2D eigenvalue weighted by Crippen LogP contribution is 2.33. The molecule has 0 aromatic heterocycles. The molecule has 3 rings (SSSR count). The molecule has 0 bridgehead atoms. The minimum absolute atomic E-state index is 0.0299. The van der Waals surface area contributed by atoms with Crippen molar-refractivity contribution in [2.75, 3.05) is 19.8 Å². The average molecular weight is 416 g/mol. The number of halogens is 2. The van der Waals surface area contributed by atoms with Gasteiger partial charge in [-0.05, 0) is 32.0 Å². The average Bonchev–Trinajstić information content (AvgIpc) is 2.73. The van der Waals surface area contributed by atoms with Crippen LogP contribution in [0.4, 0.5) is 13.6 Å². The number of para-hydroxylation sites is 1. The topological polar surface area (TPSA) is 67.9 Å². The maximum atomic E-state index is 14.5. The van der Waals surface area contributed by atoms with Gasteiger partial charge in [-0.2, -0.15) is 0 Å². The molecule has 0 saturated heterocycles. The number of rotatable bonds is 7. The van der Waals surface area contributed by atoms with E-state index in [1.54, 1.807) is 26.0 Å². The summed E-state index contributed by atoms with van der Waals surface area (Å²) < 4.78 is 39.3. The number of likely N-dealkylation sites (N-methyl/N-ethyl adjacent to an activating group) is 1. The number of nitrogens with zero attached hydrogens (tertiary/aromatic N) is 1. The van der Waals surface area contributed by atoms with E-state index in [0.717, 1.165) is 0 Å². The molecule has 30 heavy (non-hydrogen) atoms. The number of nitrogens with one attached hydrogen (secondary N) is 1. The van der Waals surface area contributed by atoms with Crippen molar-refractivity contribution >= 4 is 12.0 Å². The van der Waals surface area contributed by atoms with Gasteiger partial charge < -0.3 is 14.8 Å². The first-order valence-corrected chi connectivity index (χ1v) is 9.57. The number of ether oxygens (including phenoxy) is 2. The Kier molecular flexibility index (Phi) is 6.66. The quantitative estimate of drug-likeness (QED) is 0.694. The van der Waals surface area contributed by atoms with E-state index in [4.69, 9.17) is 9.47 Å². The lowest BCUT2D eigenvalue weighted by Gasteiger charge is -2.36. The van der Waals surface area contributed by atoms with Crippen LogP contribution in [-0.4, -0.2) is 36.7 Å². The summed E-state index contributed by atoms with van der Waals surface area (Å²) in [6, 6.07) is 10.1. The third kappa shape index (κ3) is 4.27. The Morgan fingerprint density at radius 2 is 1.73 bits per heavy atom. The van der Waals surface area contributed by atoms with Gasteiger partial charge in [-0.15, -0.1) is 0 Å². The van der Waals surface area contributed by atoms with Crippen LogP contribution in [0.2, 0.25) is 0 Å². The first-order chi connectivity index (χ1) is 14.5. The molecular weight excluding hydrogens is 394 g/mol. The second-order valence-electron chi connectivity index (χ2n) is 6.45. The van der Waals surface area contributed by atoms with Gasteiger partial charge in [0.05, 0.1) is 23.9 Å². The lowest BCUT2D eigenvalue weighted by molar-refractivity contribution is -0.139. The number of hydrogen-bond acceptors (Lipinski definition) is 4. The van der Waals surface area contributed by atoms with Crippen LogP contribution in [0.5, 0.6) is 5.75 Å². The smallest absolute Gasteiger partial charge is 0.338 e. The summed E-state index contributed by atoms with van der Waals surface area (Å²) in [7, 11) is 0. The maximum absolute atomic E-state index is 14.5. The van der Waals surface area contributed by atoms with Crippen molar-refractivity contribution in [3.05, 3.63) is 77.0 Å². The predicted molar refractivity (Wildman–Crippen MR) is 106 cm³/mol. The molecule has 0 fully saturated rings. The highest BCUT2D eigenvalue weighted by atomic mass is 19.1. The second-order valence-corrected chi connectivity index (χ2v) is 6.45. The van der Waals surface area contributed by atoms with Gasteiger partial charge in [-0.1, -0.05) is 30.3 Å². The van der Waals surface area contributed by atoms with Crippen LogP contribution in [0.3, 0.4) is 0 Å². The molecule has 1 aliphatic heterocycles. The SMILES string of the molecule is CCOC(=O)C1=C(COc2ccccc2F)N(CC)C(=O)N[C@@H]1c1ccccc1F. The first kappa shape index (κ1) is 21.3. The maximum Gasteiger partial charge on any atom is 0.338 e. The Bertz CT molecular complexity index is 977. The molecule has 8 heteroatoms. The van der Waals surface area contributed by atoms with Gasteiger partial charge in [-0.3, -0.25) is 4.90 Å². The third-order valence-electron chi connectivity index (χ3n) is 4.67. The fourth-order valence-corrected chi connectivity index (χ4v) is 3.29. The molecule has 0 unspecified atom stereocenters. The summed E-state index contributed by atoms with van der Waals surface area (Å²) >= 11 is 0. The van der Waals surface area contributed by atoms with Gasteiger partial charge in [0.25, 0.3) is 0 Å². The molecule has 0 saturated carbocycles. The lowest BCUT2D eigenvalue weighted by Crippen LogP contribution is -2.49. The largest absolute Gasteiger partial charge is 0.484 e. The Balaban J connectivity index is 2.10. The van der Waals surface area contributed by atoms with E-state index >= 15 is 0 Å². The molecule has 1 aliphatic rings. The number of carbonyl (C=O) groups is 2. The molecule has 0 aliphatic carbocycles. The van der Waals surface area contributed by atoms with Gasteiger partial charge in [0.15, 0.2) is 11.6 Å². The van der Waals surface area contributed by atoms with E-state index in [1.165, 1.54) is 41.3 Å². The van der Waals surface area contributed by atoms with Crippen LogP contribution in [0.25, 0.3) is 0 Å². The Labute approximate surface area is 173 Å². The van der Waals surface area contributed by atoms with Gasteiger partial charge in [0.1, 0.15) is 12.4 Å². The van der Waals surface area contributed by atoms with Crippen LogP contribution in [0.15, 0.2) is 59.8 Å². The Morgan fingerprint density at radius 3 is 2.37 bits per heavy atom. The normalized spacial score (nSPS) is 16.3. The van der Waals surface area contributed by atoms with Crippen molar-refractivity contribution in [1.29, 1.82) is 0 Å². The Hall–Kier alpha value is -3.42. The highest BCUT2D eigenvalue weighted by Gasteiger charge is 2.39. The molecule has 2 aromatic carbocycles. The zero-order valence-electron chi connectivity index (χ0n) is 16.7. The zero-order chi connectivity index (χ0) is 21.7. The molecule has 0 spiro atoms. The number of amides is 2. The van der Waals surface area contributed by atoms with Crippen LogP contribution in [-0.2, 0) is 9.53 Å². The zero-order valence-corrected chi connectivity index (χ0v) is 16.7. The lowest BCUT2D eigenvalue weighted by atomic mass is 9.94. The highest BCUT2D eigenvalue weighted by molar-refractivity contribution is 5.95. The monoisotopic (exact) mass is 416 g/mol. The van der Waals surface area contributed by atoms with E-state index in [-0.39, 0.29) is 42.3 Å². The molecule has 1 atom stereocenters. The minimum atomic E-state index is -1.07. The summed E-state index contributed by atoms with van der Waals surface area (Å²) in [5.74, 6) is -1.90. The van der Waals surface area contributed by atoms with E-state index < -0.39 is 29.7 Å². The van der Waals surface area contributed by atoms with Gasteiger partial charge in [0, 0.05) is 12.1 Å². The van der Waals surface area contributed by atoms with E-state index in [0.29, 0.717) is 0 Å². The predicted octanol–water partition coefficient (Wildman–Crippen LogP) is 3.95. The molecule has 1 heterocycles. The molecule has 2 aromatic rings. The molecule has 2 amide bonds. The third-order valence-corrected chi connectivity index (χ3v) is 4.67. The summed E-state index contributed by atoms with van der Waals surface area (Å²) in [6.07, 6.45) is 0. The number of urea groups is 1. The standard InChI is InChI=1S/C22H22F2N2O4/c1-3-26-17(13-30-18-12-8-7-11-16(18)24)19(21(27)29-4-2)20(25-22(26)28)14-9-5-6-10-15(14)23/h5-12,20H,3-4,13H2,1-2H3,(H,25,28)/t20-/m1/s1. The minimum Gasteiger partial charge on any atom is -0.484 e. The number of carbonyl (C=O) groups excluding carboxylic acids is 2. The number of benzene rings is 2. The Morgan fingerprint density at radius 1 is 1.07 bits per heavy atom. The van der Waals surface area contributed by atoms with Gasteiger partial charge in [0.2, 0.25) is 0 Å². The van der Waals surface area contributed by atoms with Crippen molar-refractivity contribution in [2.45, 2.75) is 19.9 Å². The summed E-state index contributed by atoms with van der Waals surface area (Å²) in [5.41, 5.74) is 0.351. The van der Waals surface area contributed by atoms with Crippen molar-refractivity contribution in [3.63, 3.8) is 0 Å². The van der Waals surface area contributed by atoms with Crippen LogP contribution >= 0.6 is 0 Å². The van der Waals surface area contributed by atoms with E-state index in [2.05, 4.69) is 5.32 Å². The fourth-order valence-electron chi connectivity index (χ4n) is 3.29. The van der Waals surface area contributed by atoms with Crippen LogP contribution in [0, 0.1) is 11.6 Å². The van der Waals surface area contributed by atoms with Crippen molar-refractivity contribution < 1.29 is 27.8 Å². The summed E-state index contributed by atoms with van der Waals surface area (Å²) in [6.45, 7) is 3.39. The second kappa shape index (κ2) is 9.39. The van der Waals surface area contributed by atoms with Crippen molar-refractivity contribution in [3.8, 4) is 5.75 Å². The molecule has 158 valence electrons. The van der Waals surface area contributed by atoms with Crippen LogP contribution < -0.4 is 10.1 Å². The van der Waals surface area contributed by atoms with Gasteiger partial charge >= 0.3 is 12.0 Å². The van der Waals surface area contributed by atoms with Crippen LogP contribution in [0.1, 0.15) is 25.5 Å². The summed E-state index contributed by atoms with van der Waals surface area (Å²) in [4.78, 5) is 26.8. The number of esters is 1. The van der Waals surface area contributed by atoms with E-state index in [1.807, 2.05) is 0 Å². The summed E-state index contributed by atoms with van der Waals surface area (Å²) in [5, 5.41) is 2.66. The van der Waals surface area contributed by atoms with Crippen molar-refractivity contribution in [1.82, 2.24) is 10.2 Å².